The lowest BCUT2D eigenvalue weighted by Gasteiger charge is -2.27. The number of benzene rings is 1. The Morgan fingerprint density at radius 2 is 1.93 bits per heavy atom. The van der Waals surface area contributed by atoms with Crippen LogP contribution in [-0.4, -0.2) is 31.1 Å². The lowest BCUT2D eigenvalue weighted by molar-refractivity contribution is 0.395. The standard InChI is InChI=1S/C22H27N5S/c1-17-12-18(2)21(19(3)13-17)25-22(28)27(15-20-6-4-7-23-14-20)10-5-9-26-11-8-24-16-26/h4,6-8,11-14,16H,5,9-10,15H2,1-3H3,(H,25,28). The van der Waals surface area contributed by atoms with Crippen molar-refractivity contribution in [3.05, 3.63) is 77.6 Å². The highest BCUT2D eigenvalue weighted by Gasteiger charge is 2.13. The van der Waals surface area contributed by atoms with Crippen LogP contribution in [0.15, 0.2) is 55.4 Å². The van der Waals surface area contributed by atoms with Crippen molar-refractivity contribution >= 4 is 23.0 Å². The minimum atomic E-state index is 0.730. The van der Waals surface area contributed by atoms with Gasteiger partial charge in [-0.1, -0.05) is 23.8 Å². The Morgan fingerprint density at radius 1 is 1.14 bits per heavy atom. The zero-order valence-electron chi connectivity index (χ0n) is 16.7. The molecule has 0 aliphatic carbocycles. The first-order valence-electron chi connectivity index (χ1n) is 9.51. The minimum Gasteiger partial charge on any atom is -0.345 e. The third kappa shape index (κ3) is 5.39. The van der Waals surface area contributed by atoms with E-state index in [1.54, 1.807) is 6.20 Å². The SMILES string of the molecule is Cc1cc(C)c(NC(=S)N(CCCn2ccnc2)Cc2cccnc2)c(C)c1. The molecule has 0 aliphatic rings. The molecule has 146 valence electrons. The fraction of sp³-hybridized carbons (Fsp3) is 0.318. The summed E-state index contributed by atoms with van der Waals surface area (Å²) in [6.07, 6.45) is 10.3. The van der Waals surface area contributed by atoms with Gasteiger partial charge in [0.25, 0.3) is 0 Å². The van der Waals surface area contributed by atoms with Gasteiger partial charge in [-0.2, -0.15) is 0 Å². The minimum absolute atomic E-state index is 0.730. The van der Waals surface area contributed by atoms with Crippen molar-refractivity contribution < 1.29 is 0 Å². The maximum absolute atomic E-state index is 5.80. The van der Waals surface area contributed by atoms with Crippen molar-refractivity contribution in [2.24, 2.45) is 0 Å². The molecule has 1 aromatic carbocycles. The van der Waals surface area contributed by atoms with Crippen LogP contribution in [0, 0.1) is 20.8 Å². The molecule has 0 amide bonds. The molecular formula is C22H27N5S. The van der Waals surface area contributed by atoms with Crippen molar-refractivity contribution in [2.45, 2.75) is 40.3 Å². The third-order valence-electron chi connectivity index (χ3n) is 4.70. The summed E-state index contributed by atoms with van der Waals surface area (Å²) in [5.41, 5.74) is 5.92. The fourth-order valence-electron chi connectivity index (χ4n) is 3.39. The van der Waals surface area contributed by atoms with Gasteiger partial charge in [-0.05, 0) is 62.2 Å². The summed E-state index contributed by atoms with van der Waals surface area (Å²) < 4.78 is 2.09. The van der Waals surface area contributed by atoms with Crippen molar-refractivity contribution in [3.8, 4) is 0 Å². The Morgan fingerprint density at radius 3 is 2.57 bits per heavy atom. The van der Waals surface area contributed by atoms with Crippen LogP contribution < -0.4 is 5.32 Å². The third-order valence-corrected chi connectivity index (χ3v) is 5.06. The van der Waals surface area contributed by atoms with Gasteiger partial charge in [0.1, 0.15) is 0 Å². The zero-order valence-corrected chi connectivity index (χ0v) is 17.5. The second-order valence-corrected chi connectivity index (χ2v) is 7.53. The molecule has 1 N–H and O–H groups in total. The highest BCUT2D eigenvalue weighted by molar-refractivity contribution is 7.80. The summed E-state index contributed by atoms with van der Waals surface area (Å²) in [6.45, 7) is 8.85. The number of aromatic nitrogens is 3. The molecule has 0 atom stereocenters. The van der Waals surface area contributed by atoms with Gasteiger partial charge in [-0.15, -0.1) is 0 Å². The maximum atomic E-state index is 5.80. The van der Waals surface area contributed by atoms with E-state index in [1.807, 2.05) is 31.0 Å². The van der Waals surface area contributed by atoms with Gasteiger partial charge in [0.05, 0.1) is 6.33 Å². The van der Waals surface area contributed by atoms with Crippen molar-refractivity contribution in [1.82, 2.24) is 19.4 Å². The molecule has 0 saturated heterocycles. The first-order valence-corrected chi connectivity index (χ1v) is 9.92. The van der Waals surface area contributed by atoms with Crippen LogP contribution >= 0.6 is 12.2 Å². The Balaban J connectivity index is 1.72. The lowest BCUT2D eigenvalue weighted by atomic mass is 10.1. The van der Waals surface area contributed by atoms with E-state index in [1.165, 1.54) is 16.7 Å². The summed E-state index contributed by atoms with van der Waals surface area (Å²) in [5, 5.41) is 4.23. The van der Waals surface area contributed by atoms with E-state index in [9.17, 15) is 0 Å². The van der Waals surface area contributed by atoms with Gasteiger partial charge in [0.2, 0.25) is 0 Å². The largest absolute Gasteiger partial charge is 0.345 e. The van der Waals surface area contributed by atoms with Crippen LogP contribution in [0.1, 0.15) is 28.7 Å². The average molecular weight is 394 g/mol. The van der Waals surface area contributed by atoms with Gasteiger partial charge < -0.3 is 14.8 Å². The molecule has 2 heterocycles. The average Bonchev–Trinajstić information content (AvgIpc) is 3.18. The molecule has 5 nitrogen and oxygen atoms in total. The molecule has 0 spiro atoms. The summed E-state index contributed by atoms with van der Waals surface area (Å²) in [5.74, 6) is 0. The maximum Gasteiger partial charge on any atom is 0.173 e. The van der Waals surface area contributed by atoms with Gasteiger partial charge in [0.15, 0.2) is 5.11 Å². The number of nitrogens with one attached hydrogen (secondary N) is 1. The van der Waals surface area contributed by atoms with Crippen LogP contribution in [0.4, 0.5) is 5.69 Å². The molecule has 3 rings (SSSR count). The molecule has 3 aromatic rings. The Hall–Kier alpha value is -2.73. The van der Waals surface area contributed by atoms with Gasteiger partial charge >= 0.3 is 0 Å². The summed E-state index contributed by atoms with van der Waals surface area (Å²) in [6, 6.07) is 8.41. The number of imidazole rings is 1. The number of aryl methyl sites for hydroxylation is 4. The number of pyridine rings is 1. The van der Waals surface area contributed by atoms with Gasteiger partial charge in [-0.3, -0.25) is 4.98 Å². The predicted octanol–water partition coefficient (Wildman–Crippen LogP) is 4.49. The quantitative estimate of drug-likeness (QED) is 0.599. The van der Waals surface area contributed by atoms with Crippen LogP contribution in [0.3, 0.4) is 0 Å². The fourth-order valence-corrected chi connectivity index (χ4v) is 3.65. The monoisotopic (exact) mass is 393 g/mol. The Kier molecular flexibility index (Phi) is 6.76. The second kappa shape index (κ2) is 9.46. The number of hydrogen-bond donors (Lipinski definition) is 1. The highest BCUT2D eigenvalue weighted by Crippen LogP contribution is 2.22. The molecule has 0 bridgehead atoms. The lowest BCUT2D eigenvalue weighted by Crippen LogP contribution is -2.35. The number of anilines is 1. The van der Waals surface area contributed by atoms with Gasteiger partial charge in [0, 0.05) is 50.1 Å². The van der Waals surface area contributed by atoms with Crippen LogP contribution in [0.5, 0.6) is 0 Å². The van der Waals surface area contributed by atoms with Crippen molar-refractivity contribution in [2.75, 3.05) is 11.9 Å². The number of hydrogen-bond acceptors (Lipinski definition) is 3. The van der Waals surface area contributed by atoms with E-state index in [2.05, 4.69) is 63.7 Å². The normalized spacial score (nSPS) is 10.7. The topological polar surface area (TPSA) is 46.0 Å². The Labute approximate surface area is 172 Å². The molecule has 0 fully saturated rings. The van der Waals surface area contributed by atoms with Crippen LogP contribution in [0.2, 0.25) is 0 Å². The molecule has 0 saturated carbocycles. The zero-order chi connectivity index (χ0) is 19.9. The molecule has 0 unspecified atom stereocenters. The van der Waals surface area contributed by atoms with E-state index < -0.39 is 0 Å². The molecule has 2 aromatic heterocycles. The van der Waals surface area contributed by atoms with Crippen molar-refractivity contribution in [1.29, 1.82) is 0 Å². The van der Waals surface area contributed by atoms with Gasteiger partial charge in [-0.25, -0.2) is 4.98 Å². The number of thiocarbonyl (C=S) groups is 1. The predicted molar refractivity (Wildman–Crippen MR) is 118 cm³/mol. The first-order chi connectivity index (χ1) is 13.5. The molecule has 0 aliphatic heterocycles. The van der Waals surface area contributed by atoms with Crippen molar-refractivity contribution in [3.63, 3.8) is 0 Å². The second-order valence-electron chi connectivity index (χ2n) is 7.14. The van der Waals surface area contributed by atoms with E-state index >= 15 is 0 Å². The van der Waals surface area contributed by atoms with Crippen LogP contribution in [-0.2, 0) is 13.1 Å². The number of nitrogens with zero attached hydrogens (tertiary/aromatic N) is 4. The molecule has 0 radical (unpaired) electrons. The van der Waals surface area contributed by atoms with E-state index in [4.69, 9.17) is 12.2 Å². The Bertz CT molecular complexity index is 883. The van der Waals surface area contributed by atoms with Crippen LogP contribution in [0.25, 0.3) is 0 Å². The highest BCUT2D eigenvalue weighted by atomic mass is 32.1. The first kappa shape index (κ1) is 20.0. The summed E-state index contributed by atoms with van der Waals surface area (Å²) >= 11 is 5.80. The number of rotatable bonds is 7. The molecule has 28 heavy (non-hydrogen) atoms. The summed E-state index contributed by atoms with van der Waals surface area (Å²) in [7, 11) is 0. The molecular weight excluding hydrogens is 366 g/mol. The van der Waals surface area contributed by atoms with E-state index in [0.717, 1.165) is 42.4 Å². The smallest absolute Gasteiger partial charge is 0.173 e. The van der Waals surface area contributed by atoms with E-state index in [0.29, 0.717) is 0 Å². The molecule has 6 heteroatoms. The summed E-state index contributed by atoms with van der Waals surface area (Å²) in [4.78, 5) is 10.6. The van der Waals surface area contributed by atoms with E-state index in [-0.39, 0.29) is 0 Å².